The predicted molar refractivity (Wildman–Crippen MR) is 99.1 cm³/mol. The molecule has 0 bridgehead atoms. The lowest BCUT2D eigenvalue weighted by Gasteiger charge is -2.09. The number of nitrogen functional groups attached to an aromatic ring is 1. The highest BCUT2D eigenvalue weighted by Gasteiger charge is 2.07. The highest BCUT2D eigenvalue weighted by atomic mass is 15.1. The summed E-state index contributed by atoms with van der Waals surface area (Å²) in [6.45, 7) is 0. The number of nitrogens with zero attached hydrogens (tertiary/aromatic N) is 2. The summed E-state index contributed by atoms with van der Waals surface area (Å²) < 4.78 is 0. The molecule has 0 unspecified atom stereocenters. The molecule has 0 aliphatic rings. The summed E-state index contributed by atoms with van der Waals surface area (Å²) in [4.78, 5) is 8.95. The molecule has 0 amide bonds. The molecule has 0 saturated carbocycles. The topological polar surface area (TPSA) is 63.8 Å². The normalized spacial score (nSPS) is 10.7. The molecule has 1 heterocycles. The van der Waals surface area contributed by atoms with Crippen LogP contribution < -0.4 is 11.1 Å². The summed E-state index contributed by atoms with van der Waals surface area (Å²) >= 11 is 0. The van der Waals surface area contributed by atoms with Gasteiger partial charge in [0.15, 0.2) is 0 Å². The zero-order valence-electron chi connectivity index (χ0n) is 13.0. The minimum absolute atomic E-state index is 0.469. The average molecular weight is 312 g/mol. The monoisotopic (exact) mass is 312 g/mol. The van der Waals surface area contributed by atoms with Crippen LogP contribution in [0.1, 0.15) is 0 Å². The molecule has 0 fully saturated rings. The van der Waals surface area contributed by atoms with E-state index in [0.29, 0.717) is 11.8 Å². The van der Waals surface area contributed by atoms with Crippen LogP contribution in [0, 0.1) is 0 Å². The van der Waals surface area contributed by atoms with Crippen molar-refractivity contribution < 1.29 is 0 Å². The second kappa shape index (κ2) is 6.01. The van der Waals surface area contributed by atoms with Gasteiger partial charge in [-0.15, -0.1) is 0 Å². The van der Waals surface area contributed by atoms with E-state index in [-0.39, 0.29) is 0 Å². The maximum atomic E-state index is 6.17. The molecule has 3 N–H and O–H groups in total. The zero-order valence-corrected chi connectivity index (χ0v) is 13.0. The summed E-state index contributed by atoms with van der Waals surface area (Å²) in [5, 5.41) is 4.04. The number of nitrogens with two attached hydrogens (primary N) is 1. The lowest BCUT2D eigenvalue weighted by molar-refractivity contribution is 1.22. The molecule has 0 saturated heterocycles. The first-order valence-corrected chi connectivity index (χ1v) is 7.74. The first kappa shape index (κ1) is 14.2. The van der Waals surface area contributed by atoms with Gasteiger partial charge in [-0.1, -0.05) is 54.6 Å². The summed E-state index contributed by atoms with van der Waals surface area (Å²) in [6, 6.07) is 26.1. The molecule has 0 aliphatic heterocycles. The van der Waals surface area contributed by atoms with E-state index in [9.17, 15) is 0 Å². The molecule has 0 aliphatic carbocycles. The SMILES string of the molecule is Nc1nc(Nc2ccccc2)nc2ccc(-c3ccccc3)cc12. The van der Waals surface area contributed by atoms with Gasteiger partial charge in [-0.25, -0.2) is 4.98 Å². The largest absolute Gasteiger partial charge is 0.383 e. The first-order valence-electron chi connectivity index (χ1n) is 7.74. The fraction of sp³-hybridized carbons (Fsp3) is 0. The van der Waals surface area contributed by atoms with Crippen molar-refractivity contribution >= 4 is 28.4 Å². The molecule has 1 aromatic heterocycles. The van der Waals surface area contributed by atoms with E-state index in [1.807, 2.05) is 60.7 Å². The second-order valence-corrected chi connectivity index (χ2v) is 5.52. The fourth-order valence-electron chi connectivity index (χ4n) is 2.67. The molecule has 0 spiro atoms. The lowest BCUT2D eigenvalue weighted by Crippen LogP contribution is -2.01. The third kappa shape index (κ3) is 2.77. The number of nitrogens with one attached hydrogen (secondary N) is 1. The van der Waals surface area contributed by atoms with Crippen LogP contribution in [0.3, 0.4) is 0 Å². The van der Waals surface area contributed by atoms with E-state index in [1.165, 1.54) is 0 Å². The quantitative estimate of drug-likeness (QED) is 0.579. The van der Waals surface area contributed by atoms with Gasteiger partial charge in [-0.05, 0) is 35.4 Å². The van der Waals surface area contributed by atoms with E-state index in [0.717, 1.165) is 27.7 Å². The Morgan fingerprint density at radius 1 is 0.708 bits per heavy atom. The Labute approximate surface area is 140 Å². The van der Waals surface area contributed by atoms with E-state index in [1.54, 1.807) is 0 Å². The molecule has 0 atom stereocenters. The van der Waals surface area contributed by atoms with E-state index in [4.69, 9.17) is 5.73 Å². The van der Waals surface area contributed by atoms with Crippen LogP contribution in [0.4, 0.5) is 17.5 Å². The molecular weight excluding hydrogens is 296 g/mol. The summed E-state index contributed by atoms with van der Waals surface area (Å²) in [5.74, 6) is 0.967. The number of benzene rings is 3. The molecule has 0 radical (unpaired) electrons. The minimum Gasteiger partial charge on any atom is -0.383 e. The van der Waals surface area contributed by atoms with E-state index in [2.05, 4.69) is 33.5 Å². The van der Waals surface area contributed by atoms with Gasteiger partial charge in [-0.2, -0.15) is 4.98 Å². The molecule has 4 heteroatoms. The van der Waals surface area contributed by atoms with Crippen molar-refractivity contribution in [3.63, 3.8) is 0 Å². The summed E-state index contributed by atoms with van der Waals surface area (Å²) in [5.41, 5.74) is 10.2. The molecule has 4 nitrogen and oxygen atoms in total. The summed E-state index contributed by atoms with van der Waals surface area (Å²) in [7, 11) is 0. The number of para-hydroxylation sites is 1. The van der Waals surface area contributed by atoms with Crippen LogP contribution >= 0.6 is 0 Å². The lowest BCUT2D eigenvalue weighted by atomic mass is 10.0. The Bertz CT molecular complexity index is 982. The van der Waals surface area contributed by atoms with E-state index < -0.39 is 0 Å². The Morgan fingerprint density at radius 2 is 1.42 bits per heavy atom. The van der Waals surface area contributed by atoms with Gasteiger partial charge < -0.3 is 11.1 Å². The second-order valence-electron chi connectivity index (χ2n) is 5.52. The minimum atomic E-state index is 0.469. The summed E-state index contributed by atoms with van der Waals surface area (Å²) in [6.07, 6.45) is 0. The van der Waals surface area contributed by atoms with Gasteiger partial charge in [0.05, 0.1) is 5.52 Å². The number of anilines is 3. The average Bonchev–Trinajstić information content (AvgIpc) is 2.63. The number of aromatic nitrogens is 2. The molecule has 3 aromatic carbocycles. The van der Waals surface area contributed by atoms with E-state index >= 15 is 0 Å². The number of hydrogen-bond donors (Lipinski definition) is 2. The highest BCUT2D eigenvalue weighted by Crippen LogP contribution is 2.27. The zero-order chi connectivity index (χ0) is 16.4. The Morgan fingerprint density at radius 3 is 2.17 bits per heavy atom. The molecule has 116 valence electrons. The fourth-order valence-corrected chi connectivity index (χ4v) is 2.67. The van der Waals surface area contributed by atoms with Gasteiger partial charge in [0, 0.05) is 11.1 Å². The Balaban J connectivity index is 1.74. The maximum absolute atomic E-state index is 6.17. The van der Waals surface area contributed by atoms with Gasteiger partial charge in [0.25, 0.3) is 0 Å². The Kier molecular flexibility index (Phi) is 3.56. The number of rotatable bonds is 3. The van der Waals surface area contributed by atoms with Crippen molar-refractivity contribution in [2.75, 3.05) is 11.1 Å². The van der Waals surface area contributed by atoms with Gasteiger partial charge in [-0.3, -0.25) is 0 Å². The standard InChI is InChI=1S/C20H16N4/c21-19-17-13-15(14-7-3-1-4-8-14)11-12-18(17)23-20(24-19)22-16-9-5-2-6-10-16/h1-13H,(H3,21,22,23,24). The molecule has 24 heavy (non-hydrogen) atoms. The molecule has 4 aromatic rings. The van der Waals surface area contributed by atoms with Crippen molar-refractivity contribution in [3.8, 4) is 11.1 Å². The smallest absolute Gasteiger partial charge is 0.229 e. The first-order chi connectivity index (χ1) is 11.8. The Hall–Kier alpha value is -3.40. The van der Waals surface area contributed by atoms with Gasteiger partial charge in [0.1, 0.15) is 5.82 Å². The van der Waals surface area contributed by atoms with Crippen LogP contribution in [-0.2, 0) is 0 Å². The molecule has 4 rings (SSSR count). The van der Waals surface area contributed by atoms with Crippen molar-refractivity contribution in [3.05, 3.63) is 78.9 Å². The number of hydrogen-bond acceptors (Lipinski definition) is 4. The number of fused-ring (bicyclic) bond motifs is 1. The predicted octanol–water partition coefficient (Wildman–Crippen LogP) is 4.62. The van der Waals surface area contributed by atoms with Crippen molar-refractivity contribution in [2.24, 2.45) is 0 Å². The van der Waals surface area contributed by atoms with Crippen molar-refractivity contribution in [1.82, 2.24) is 9.97 Å². The highest BCUT2D eigenvalue weighted by molar-refractivity contribution is 5.92. The third-order valence-corrected chi connectivity index (χ3v) is 3.86. The molecular formula is C20H16N4. The van der Waals surface area contributed by atoms with Crippen LogP contribution in [-0.4, -0.2) is 9.97 Å². The van der Waals surface area contributed by atoms with Gasteiger partial charge in [0.2, 0.25) is 5.95 Å². The third-order valence-electron chi connectivity index (χ3n) is 3.86. The van der Waals surface area contributed by atoms with Crippen LogP contribution in [0.25, 0.3) is 22.0 Å². The van der Waals surface area contributed by atoms with Crippen LogP contribution in [0.5, 0.6) is 0 Å². The van der Waals surface area contributed by atoms with Crippen molar-refractivity contribution in [1.29, 1.82) is 0 Å². The van der Waals surface area contributed by atoms with Crippen LogP contribution in [0.15, 0.2) is 78.9 Å². The van der Waals surface area contributed by atoms with Gasteiger partial charge >= 0.3 is 0 Å². The van der Waals surface area contributed by atoms with Crippen LogP contribution in [0.2, 0.25) is 0 Å². The maximum Gasteiger partial charge on any atom is 0.229 e. The van der Waals surface area contributed by atoms with Crippen molar-refractivity contribution in [2.45, 2.75) is 0 Å².